The van der Waals surface area contributed by atoms with Gasteiger partial charge in [-0.15, -0.1) is 0 Å². The third-order valence-electron chi connectivity index (χ3n) is 4.63. The summed E-state index contributed by atoms with van der Waals surface area (Å²) in [6.45, 7) is 5.52. The molecule has 5 nitrogen and oxygen atoms in total. The molecule has 7 heteroatoms. The fourth-order valence-corrected chi connectivity index (χ4v) is 3.54. The Labute approximate surface area is 171 Å². The van der Waals surface area contributed by atoms with Crippen molar-refractivity contribution >= 4 is 40.1 Å². The van der Waals surface area contributed by atoms with Gasteiger partial charge in [0.05, 0.1) is 22.1 Å². The molecule has 2 aromatic heterocycles. The minimum atomic E-state index is -0.0491. The van der Waals surface area contributed by atoms with Crippen LogP contribution < -0.4 is 0 Å². The molecule has 0 N–H and O–H groups in total. The topological polar surface area (TPSA) is 60.9 Å². The van der Waals surface area contributed by atoms with Crippen LogP contribution in [0.5, 0.6) is 0 Å². The average molecular weight is 414 g/mol. The summed E-state index contributed by atoms with van der Waals surface area (Å²) in [5.41, 5.74) is 4.95. The number of benzene rings is 2. The molecule has 0 saturated heterocycles. The lowest BCUT2D eigenvalue weighted by Crippen LogP contribution is -2.06. The maximum absolute atomic E-state index is 12.9. The molecule has 0 aliphatic carbocycles. The molecule has 0 bridgehead atoms. The summed E-state index contributed by atoms with van der Waals surface area (Å²) in [5, 5.41) is 5.57. The van der Waals surface area contributed by atoms with Gasteiger partial charge in [-0.25, -0.2) is 9.67 Å². The van der Waals surface area contributed by atoms with Crippen molar-refractivity contribution in [2.45, 2.75) is 27.2 Å². The first-order valence-corrected chi connectivity index (χ1v) is 9.50. The van der Waals surface area contributed by atoms with E-state index in [0.717, 1.165) is 17.1 Å². The van der Waals surface area contributed by atoms with Crippen molar-refractivity contribution in [2.75, 3.05) is 0 Å². The third-order valence-corrected chi connectivity index (χ3v) is 5.53. The summed E-state index contributed by atoms with van der Waals surface area (Å²) < 4.78 is 7.29. The quantitative estimate of drug-likeness (QED) is 0.404. The predicted molar refractivity (Wildman–Crippen MR) is 110 cm³/mol. The van der Waals surface area contributed by atoms with E-state index in [4.69, 9.17) is 27.6 Å². The highest BCUT2D eigenvalue weighted by atomic mass is 35.5. The number of rotatable bonds is 4. The number of carbonyl (C=O) groups is 1. The normalized spacial score (nSPS) is 11.3. The number of hydrogen-bond donors (Lipinski definition) is 0. The van der Waals surface area contributed by atoms with Crippen LogP contribution in [0.4, 0.5) is 0 Å². The molecule has 0 spiro atoms. The molecule has 0 aliphatic rings. The molecule has 2 aromatic carbocycles. The van der Waals surface area contributed by atoms with Crippen LogP contribution in [-0.4, -0.2) is 20.5 Å². The number of hydrogen-bond acceptors (Lipinski definition) is 4. The van der Waals surface area contributed by atoms with Gasteiger partial charge in [-0.3, -0.25) is 4.79 Å². The molecule has 4 rings (SSSR count). The number of aryl methyl sites for hydroxylation is 2. The van der Waals surface area contributed by atoms with E-state index in [-0.39, 0.29) is 12.2 Å². The summed E-state index contributed by atoms with van der Waals surface area (Å²) in [5.74, 6) is 0.512. The predicted octanol–water partition coefficient (Wildman–Crippen LogP) is 5.67. The average Bonchev–Trinajstić information content (AvgIpc) is 3.15. The van der Waals surface area contributed by atoms with E-state index in [0.29, 0.717) is 38.2 Å². The molecule has 4 aromatic rings. The number of halogens is 2. The zero-order valence-electron chi connectivity index (χ0n) is 15.6. The second-order valence-electron chi connectivity index (χ2n) is 6.69. The molecule has 2 heterocycles. The van der Waals surface area contributed by atoms with E-state index < -0.39 is 0 Å². The second kappa shape index (κ2) is 7.08. The number of oxazole rings is 1. The van der Waals surface area contributed by atoms with Crippen LogP contribution in [0.2, 0.25) is 10.0 Å². The summed E-state index contributed by atoms with van der Waals surface area (Å²) >= 11 is 12.6. The van der Waals surface area contributed by atoms with Crippen molar-refractivity contribution in [2.24, 2.45) is 0 Å². The van der Waals surface area contributed by atoms with Gasteiger partial charge in [-0.1, -0.05) is 35.3 Å². The summed E-state index contributed by atoms with van der Waals surface area (Å²) in [4.78, 5) is 17.1. The Kier molecular flexibility index (Phi) is 4.73. The maximum atomic E-state index is 12.9. The number of ketones is 1. The first-order chi connectivity index (χ1) is 13.3. The highest BCUT2D eigenvalue weighted by molar-refractivity contribution is 6.32. The Bertz CT molecular complexity index is 1220. The lowest BCUT2D eigenvalue weighted by Gasteiger charge is -2.08. The first kappa shape index (κ1) is 18.7. The monoisotopic (exact) mass is 413 g/mol. The van der Waals surface area contributed by atoms with Gasteiger partial charge in [0.15, 0.2) is 17.3 Å². The van der Waals surface area contributed by atoms with Crippen LogP contribution in [0, 0.1) is 20.8 Å². The molecule has 142 valence electrons. The van der Waals surface area contributed by atoms with Crippen molar-refractivity contribution in [1.29, 1.82) is 0 Å². The first-order valence-electron chi connectivity index (χ1n) is 8.74. The Balaban J connectivity index is 1.65. The summed E-state index contributed by atoms with van der Waals surface area (Å²) in [6.07, 6.45) is 0.163. The Morgan fingerprint density at radius 1 is 1.14 bits per heavy atom. The Morgan fingerprint density at radius 2 is 1.93 bits per heavy atom. The van der Waals surface area contributed by atoms with Gasteiger partial charge in [-0.2, -0.15) is 5.10 Å². The van der Waals surface area contributed by atoms with E-state index in [2.05, 4.69) is 10.1 Å². The van der Waals surface area contributed by atoms with E-state index in [9.17, 15) is 4.79 Å². The zero-order valence-corrected chi connectivity index (χ0v) is 17.1. The standard InChI is InChI=1S/C21H17Cl2N3O2/c1-11-21(23)12(2)26(25-11)16-6-4-5-14(7-16)19(27)8-15-9-20-18(10-17(15)22)24-13(3)28-20/h4-7,9-10H,8H2,1-3H3. The molecule has 0 fully saturated rings. The van der Waals surface area contributed by atoms with Crippen molar-refractivity contribution in [1.82, 2.24) is 14.8 Å². The van der Waals surface area contributed by atoms with Gasteiger partial charge in [0.25, 0.3) is 0 Å². The van der Waals surface area contributed by atoms with Gasteiger partial charge < -0.3 is 4.42 Å². The summed E-state index contributed by atoms with van der Waals surface area (Å²) in [6, 6.07) is 10.8. The van der Waals surface area contributed by atoms with Gasteiger partial charge in [0.1, 0.15) is 5.52 Å². The van der Waals surface area contributed by atoms with Gasteiger partial charge in [-0.05, 0) is 43.7 Å². The van der Waals surface area contributed by atoms with Crippen molar-refractivity contribution in [3.63, 3.8) is 0 Å². The van der Waals surface area contributed by atoms with Crippen LogP contribution in [0.1, 0.15) is 33.2 Å². The lowest BCUT2D eigenvalue weighted by molar-refractivity contribution is 0.0993. The van der Waals surface area contributed by atoms with E-state index >= 15 is 0 Å². The molecule has 0 saturated carbocycles. The van der Waals surface area contributed by atoms with Crippen molar-refractivity contribution in [3.8, 4) is 5.69 Å². The third kappa shape index (κ3) is 3.32. The molecule has 28 heavy (non-hydrogen) atoms. The molecule has 0 radical (unpaired) electrons. The van der Waals surface area contributed by atoms with Crippen LogP contribution in [-0.2, 0) is 6.42 Å². The molecule has 0 amide bonds. The molecule has 0 aliphatic heterocycles. The number of carbonyl (C=O) groups excluding carboxylic acids is 1. The van der Waals surface area contributed by atoms with E-state index in [1.165, 1.54) is 0 Å². The lowest BCUT2D eigenvalue weighted by atomic mass is 10.0. The molecule has 0 atom stereocenters. The zero-order chi connectivity index (χ0) is 20.0. The second-order valence-corrected chi connectivity index (χ2v) is 7.48. The van der Waals surface area contributed by atoms with Crippen molar-refractivity contribution < 1.29 is 9.21 Å². The van der Waals surface area contributed by atoms with Crippen LogP contribution in [0.3, 0.4) is 0 Å². The Hall–Kier alpha value is -2.63. The van der Waals surface area contributed by atoms with E-state index in [1.54, 1.807) is 29.8 Å². The highest BCUT2D eigenvalue weighted by Crippen LogP contribution is 2.27. The van der Waals surface area contributed by atoms with Crippen LogP contribution in [0.15, 0.2) is 40.8 Å². The largest absolute Gasteiger partial charge is 0.441 e. The van der Waals surface area contributed by atoms with Crippen LogP contribution >= 0.6 is 23.2 Å². The van der Waals surface area contributed by atoms with Gasteiger partial charge >= 0.3 is 0 Å². The molecular weight excluding hydrogens is 397 g/mol. The summed E-state index contributed by atoms with van der Waals surface area (Å²) in [7, 11) is 0. The van der Waals surface area contributed by atoms with Gasteiger partial charge in [0.2, 0.25) is 0 Å². The minimum Gasteiger partial charge on any atom is -0.441 e. The maximum Gasteiger partial charge on any atom is 0.192 e. The smallest absolute Gasteiger partial charge is 0.192 e. The fourth-order valence-electron chi connectivity index (χ4n) is 3.20. The number of nitrogens with zero attached hydrogens (tertiary/aromatic N) is 3. The van der Waals surface area contributed by atoms with Crippen molar-refractivity contribution in [3.05, 3.63) is 74.8 Å². The van der Waals surface area contributed by atoms with Gasteiger partial charge in [0, 0.05) is 23.9 Å². The van der Waals surface area contributed by atoms with E-state index in [1.807, 2.05) is 32.0 Å². The SMILES string of the molecule is Cc1nc2cc(Cl)c(CC(=O)c3cccc(-n4nc(C)c(Cl)c4C)c3)cc2o1. The number of aromatic nitrogens is 3. The number of Topliss-reactive ketones (excluding diaryl/α,β-unsaturated/α-hetero) is 1. The molecule has 0 unspecified atom stereocenters. The Morgan fingerprint density at radius 3 is 2.64 bits per heavy atom. The highest BCUT2D eigenvalue weighted by Gasteiger charge is 2.15. The van der Waals surface area contributed by atoms with Crippen LogP contribution in [0.25, 0.3) is 16.8 Å². The molecular formula is C21H17Cl2N3O2. The minimum absolute atomic E-state index is 0.0491. The fraction of sp³-hybridized carbons (Fsp3) is 0.190. The number of fused-ring (bicyclic) bond motifs is 1.